The van der Waals surface area contributed by atoms with E-state index in [1.807, 2.05) is 42.9 Å². The van der Waals surface area contributed by atoms with Crippen LogP contribution in [0.1, 0.15) is 19.3 Å². The van der Waals surface area contributed by atoms with E-state index in [0.717, 1.165) is 48.9 Å². The van der Waals surface area contributed by atoms with E-state index < -0.39 is 0 Å². The minimum absolute atomic E-state index is 0.712. The van der Waals surface area contributed by atoms with Crippen LogP contribution in [0.15, 0.2) is 85.3 Å². The first-order valence-electron chi connectivity index (χ1n) is 10.3. The molecule has 0 fully saturated rings. The average Bonchev–Trinajstić information content (AvgIpc) is 2.79. The minimum Gasteiger partial charge on any atom is -0.384 e. The standard InChI is InChI=1S/C25H25ClN4/c26-20-9-10-23-24(13-17-29-25(23)19-20)28-14-5-2-6-18-30(21-7-3-1-4-8-21)22-11-15-27-16-12-22/h1,3-4,7-13,15-17,19H,2,5-6,14,18H2,(H,28,29). The number of hydrogen-bond donors (Lipinski definition) is 1. The highest BCUT2D eigenvalue weighted by Gasteiger charge is 2.08. The third-order valence-electron chi connectivity index (χ3n) is 5.12. The van der Waals surface area contributed by atoms with Gasteiger partial charge in [0.1, 0.15) is 0 Å². The second kappa shape index (κ2) is 10.1. The van der Waals surface area contributed by atoms with Crippen LogP contribution in [0.25, 0.3) is 10.9 Å². The molecule has 4 nitrogen and oxygen atoms in total. The molecule has 0 atom stereocenters. The van der Waals surface area contributed by atoms with Crippen LogP contribution in [0.2, 0.25) is 5.02 Å². The Labute approximate surface area is 182 Å². The summed E-state index contributed by atoms with van der Waals surface area (Å²) in [5.74, 6) is 0. The van der Waals surface area contributed by atoms with Gasteiger partial charge in [-0.15, -0.1) is 0 Å². The lowest BCUT2D eigenvalue weighted by atomic mass is 10.1. The number of aromatic nitrogens is 2. The molecule has 2 aromatic carbocycles. The van der Waals surface area contributed by atoms with E-state index in [0.29, 0.717) is 5.02 Å². The number of halogens is 1. The zero-order chi connectivity index (χ0) is 20.6. The first-order chi connectivity index (χ1) is 14.8. The van der Waals surface area contributed by atoms with Gasteiger partial charge in [-0.3, -0.25) is 9.97 Å². The fourth-order valence-electron chi connectivity index (χ4n) is 3.61. The Balaban J connectivity index is 1.30. The largest absolute Gasteiger partial charge is 0.384 e. The normalized spacial score (nSPS) is 10.8. The van der Waals surface area contributed by atoms with Crippen molar-refractivity contribution in [3.05, 3.63) is 90.3 Å². The molecule has 0 bridgehead atoms. The highest BCUT2D eigenvalue weighted by molar-refractivity contribution is 6.31. The van der Waals surface area contributed by atoms with E-state index in [9.17, 15) is 0 Å². The summed E-state index contributed by atoms with van der Waals surface area (Å²) in [5.41, 5.74) is 4.42. The van der Waals surface area contributed by atoms with Crippen molar-refractivity contribution in [2.45, 2.75) is 19.3 Å². The second-order valence-electron chi connectivity index (χ2n) is 7.20. The van der Waals surface area contributed by atoms with Gasteiger partial charge in [-0.25, -0.2) is 0 Å². The highest BCUT2D eigenvalue weighted by Crippen LogP contribution is 2.26. The minimum atomic E-state index is 0.712. The van der Waals surface area contributed by atoms with Crippen LogP contribution in [0, 0.1) is 0 Å². The predicted octanol–water partition coefficient (Wildman–Crippen LogP) is 6.70. The van der Waals surface area contributed by atoms with Crippen LogP contribution >= 0.6 is 11.6 Å². The van der Waals surface area contributed by atoms with Crippen LogP contribution in [0.5, 0.6) is 0 Å². The van der Waals surface area contributed by atoms with Crippen molar-refractivity contribution in [1.82, 2.24) is 9.97 Å². The van der Waals surface area contributed by atoms with Gasteiger partial charge in [0.25, 0.3) is 0 Å². The lowest BCUT2D eigenvalue weighted by molar-refractivity contribution is 0.698. The third-order valence-corrected chi connectivity index (χ3v) is 5.36. The number of fused-ring (bicyclic) bond motifs is 1. The maximum atomic E-state index is 6.08. The van der Waals surface area contributed by atoms with Gasteiger partial charge in [-0.2, -0.15) is 0 Å². The van der Waals surface area contributed by atoms with Crippen molar-refractivity contribution in [2.24, 2.45) is 0 Å². The Morgan fingerprint density at radius 2 is 1.60 bits per heavy atom. The molecule has 0 radical (unpaired) electrons. The zero-order valence-corrected chi connectivity index (χ0v) is 17.6. The number of para-hydroxylation sites is 1. The number of nitrogens with one attached hydrogen (secondary N) is 1. The number of unbranched alkanes of at least 4 members (excludes halogenated alkanes) is 2. The summed E-state index contributed by atoms with van der Waals surface area (Å²) in [6, 6.07) is 22.5. The van der Waals surface area contributed by atoms with Gasteiger partial charge in [0.05, 0.1) is 5.52 Å². The van der Waals surface area contributed by atoms with E-state index in [-0.39, 0.29) is 0 Å². The molecule has 0 saturated carbocycles. The molecule has 4 aromatic rings. The van der Waals surface area contributed by atoms with Gasteiger partial charge in [-0.05, 0) is 67.8 Å². The first kappa shape index (κ1) is 20.2. The van der Waals surface area contributed by atoms with Gasteiger partial charge in [-0.1, -0.05) is 29.8 Å². The van der Waals surface area contributed by atoms with Crippen molar-refractivity contribution in [2.75, 3.05) is 23.3 Å². The van der Waals surface area contributed by atoms with Crippen molar-refractivity contribution < 1.29 is 0 Å². The van der Waals surface area contributed by atoms with Crippen molar-refractivity contribution in [3.63, 3.8) is 0 Å². The molecule has 0 spiro atoms. The number of rotatable bonds is 9. The third kappa shape index (κ3) is 5.08. The molecule has 0 saturated heterocycles. The van der Waals surface area contributed by atoms with Gasteiger partial charge >= 0.3 is 0 Å². The van der Waals surface area contributed by atoms with Crippen molar-refractivity contribution >= 4 is 39.6 Å². The smallest absolute Gasteiger partial charge is 0.0737 e. The number of anilines is 3. The van der Waals surface area contributed by atoms with Crippen molar-refractivity contribution in [1.29, 1.82) is 0 Å². The van der Waals surface area contributed by atoms with Crippen molar-refractivity contribution in [3.8, 4) is 0 Å². The van der Waals surface area contributed by atoms with Crippen LogP contribution in [0.4, 0.5) is 17.1 Å². The quantitative estimate of drug-likeness (QED) is 0.308. The predicted molar refractivity (Wildman–Crippen MR) is 127 cm³/mol. The van der Waals surface area contributed by atoms with E-state index in [2.05, 4.69) is 62.6 Å². The molecule has 152 valence electrons. The highest BCUT2D eigenvalue weighted by atomic mass is 35.5. The van der Waals surface area contributed by atoms with Crippen LogP contribution in [-0.2, 0) is 0 Å². The Morgan fingerprint density at radius 3 is 2.43 bits per heavy atom. The number of nitrogens with zero attached hydrogens (tertiary/aromatic N) is 3. The summed E-state index contributed by atoms with van der Waals surface area (Å²) in [7, 11) is 0. The van der Waals surface area contributed by atoms with E-state index in [1.54, 1.807) is 0 Å². The topological polar surface area (TPSA) is 41.0 Å². The second-order valence-corrected chi connectivity index (χ2v) is 7.64. The van der Waals surface area contributed by atoms with Gasteiger partial charge in [0.15, 0.2) is 0 Å². The monoisotopic (exact) mass is 416 g/mol. The maximum Gasteiger partial charge on any atom is 0.0737 e. The fraction of sp³-hybridized carbons (Fsp3) is 0.200. The van der Waals surface area contributed by atoms with Crippen LogP contribution in [0.3, 0.4) is 0 Å². The van der Waals surface area contributed by atoms with Crippen LogP contribution < -0.4 is 10.2 Å². The molecule has 30 heavy (non-hydrogen) atoms. The van der Waals surface area contributed by atoms with Gasteiger partial charge in [0, 0.05) is 59.2 Å². The molecular weight excluding hydrogens is 392 g/mol. The van der Waals surface area contributed by atoms with Crippen LogP contribution in [-0.4, -0.2) is 23.1 Å². The molecule has 2 heterocycles. The fourth-order valence-corrected chi connectivity index (χ4v) is 3.78. The zero-order valence-electron chi connectivity index (χ0n) is 16.8. The average molecular weight is 417 g/mol. The first-order valence-corrected chi connectivity index (χ1v) is 10.7. The molecule has 1 N–H and O–H groups in total. The molecule has 2 aromatic heterocycles. The summed E-state index contributed by atoms with van der Waals surface area (Å²) in [4.78, 5) is 10.9. The molecule has 0 aliphatic carbocycles. The summed E-state index contributed by atoms with van der Waals surface area (Å²) in [6.07, 6.45) is 8.90. The maximum absolute atomic E-state index is 6.08. The Hall–Kier alpha value is -3.11. The Morgan fingerprint density at radius 1 is 0.800 bits per heavy atom. The SMILES string of the molecule is Clc1ccc2c(NCCCCCN(c3ccccc3)c3ccncc3)ccnc2c1. The molecule has 5 heteroatoms. The molecule has 0 unspecified atom stereocenters. The molecule has 0 aliphatic heterocycles. The number of benzene rings is 2. The summed E-state index contributed by atoms with van der Waals surface area (Å²) in [6.45, 7) is 1.91. The molecule has 0 amide bonds. The number of hydrogen-bond acceptors (Lipinski definition) is 4. The Kier molecular flexibility index (Phi) is 6.78. The molecular formula is C25H25ClN4. The van der Waals surface area contributed by atoms with E-state index in [1.165, 1.54) is 11.4 Å². The lowest BCUT2D eigenvalue weighted by Gasteiger charge is -2.25. The molecule has 4 rings (SSSR count). The van der Waals surface area contributed by atoms with Gasteiger partial charge in [0.2, 0.25) is 0 Å². The summed E-state index contributed by atoms with van der Waals surface area (Å²) >= 11 is 6.08. The molecule has 0 aliphatic rings. The van der Waals surface area contributed by atoms with E-state index in [4.69, 9.17) is 11.6 Å². The summed E-state index contributed by atoms with van der Waals surface area (Å²) < 4.78 is 0. The lowest BCUT2D eigenvalue weighted by Crippen LogP contribution is -2.18. The van der Waals surface area contributed by atoms with Gasteiger partial charge < -0.3 is 10.2 Å². The van der Waals surface area contributed by atoms with E-state index >= 15 is 0 Å². The number of pyridine rings is 2. The summed E-state index contributed by atoms with van der Waals surface area (Å²) in [5, 5.41) is 5.37. The Bertz CT molecular complexity index is 1030.